The minimum absolute atomic E-state index is 0.0929. The third-order valence-corrected chi connectivity index (χ3v) is 4.22. The van der Waals surface area contributed by atoms with Gasteiger partial charge in [-0.1, -0.05) is 24.6 Å². The first kappa shape index (κ1) is 12.0. The van der Waals surface area contributed by atoms with Crippen LogP contribution in [-0.4, -0.2) is 30.9 Å². The highest BCUT2D eigenvalue weighted by Gasteiger charge is 2.26. The Morgan fingerprint density at radius 1 is 1.22 bits per heavy atom. The van der Waals surface area contributed by atoms with Crippen LogP contribution in [0.4, 0.5) is 0 Å². The van der Waals surface area contributed by atoms with E-state index in [4.69, 9.17) is 4.74 Å². The Balaban J connectivity index is 1.50. The molecule has 3 rings (SSSR count). The summed E-state index contributed by atoms with van der Waals surface area (Å²) >= 11 is 0. The fourth-order valence-corrected chi connectivity index (χ4v) is 3.10. The van der Waals surface area contributed by atoms with Gasteiger partial charge in [0, 0.05) is 24.6 Å². The third kappa shape index (κ3) is 2.38. The van der Waals surface area contributed by atoms with Crippen molar-refractivity contribution in [2.24, 2.45) is 5.92 Å². The lowest BCUT2D eigenvalue weighted by Gasteiger charge is -2.17. The van der Waals surface area contributed by atoms with Gasteiger partial charge < -0.3 is 15.2 Å². The van der Waals surface area contributed by atoms with Gasteiger partial charge in [0.15, 0.2) is 0 Å². The summed E-state index contributed by atoms with van der Waals surface area (Å²) in [5, 5.41) is 13.3. The van der Waals surface area contributed by atoms with Crippen molar-refractivity contribution in [3.8, 4) is 5.75 Å². The molecule has 1 fully saturated rings. The summed E-state index contributed by atoms with van der Waals surface area (Å²) < 4.78 is 5.67. The Hall–Kier alpha value is -1.06. The first-order valence-electron chi connectivity index (χ1n) is 6.95. The highest BCUT2D eigenvalue weighted by atomic mass is 16.5. The van der Waals surface area contributed by atoms with E-state index in [-0.39, 0.29) is 6.10 Å². The molecule has 1 heterocycles. The molecule has 3 unspecified atom stereocenters. The van der Waals surface area contributed by atoms with Gasteiger partial charge in [-0.2, -0.15) is 0 Å². The molecule has 0 aromatic heterocycles. The van der Waals surface area contributed by atoms with Gasteiger partial charge in [0.05, 0.1) is 12.7 Å². The normalized spacial score (nSPS) is 30.2. The van der Waals surface area contributed by atoms with E-state index in [1.54, 1.807) is 0 Å². The maximum absolute atomic E-state index is 9.77. The van der Waals surface area contributed by atoms with Gasteiger partial charge in [-0.25, -0.2) is 0 Å². The lowest BCUT2D eigenvalue weighted by molar-refractivity contribution is 0.131. The van der Waals surface area contributed by atoms with Crippen molar-refractivity contribution in [3.63, 3.8) is 0 Å². The molecule has 18 heavy (non-hydrogen) atoms. The molecule has 0 radical (unpaired) electrons. The van der Waals surface area contributed by atoms with E-state index in [1.807, 2.05) is 12.1 Å². The van der Waals surface area contributed by atoms with Crippen molar-refractivity contribution >= 4 is 0 Å². The van der Waals surface area contributed by atoms with Gasteiger partial charge in [0.25, 0.3) is 0 Å². The zero-order valence-corrected chi connectivity index (χ0v) is 10.6. The van der Waals surface area contributed by atoms with Gasteiger partial charge >= 0.3 is 0 Å². The first-order valence-corrected chi connectivity index (χ1v) is 6.95. The van der Waals surface area contributed by atoms with Crippen LogP contribution in [0.2, 0.25) is 0 Å². The molecule has 0 saturated heterocycles. The summed E-state index contributed by atoms with van der Waals surface area (Å²) in [4.78, 5) is 0. The Labute approximate surface area is 108 Å². The van der Waals surface area contributed by atoms with Crippen molar-refractivity contribution in [1.82, 2.24) is 5.32 Å². The van der Waals surface area contributed by atoms with E-state index >= 15 is 0 Å². The SMILES string of the molecule is OC1CCCC1CNCC1COc2ccccc21. The minimum atomic E-state index is -0.0929. The monoisotopic (exact) mass is 247 g/mol. The zero-order valence-electron chi connectivity index (χ0n) is 10.6. The van der Waals surface area contributed by atoms with Crippen molar-refractivity contribution in [3.05, 3.63) is 29.8 Å². The quantitative estimate of drug-likeness (QED) is 0.854. The molecule has 3 heteroatoms. The number of rotatable bonds is 4. The first-order chi connectivity index (χ1) is 8.84. The standard InChI is InChI=1S/C15H21NO2/c17-14-6-3-4-11(14)8-16-9-12-10-18-15-7-2-1-5-13(12)15/h1-2,5,7,11-12,14,16-17H,3-4,6,8-10H2. The highest BCUT2D eigenvalue weighted by molar-refractivity contribution is 5.39. The van der Waals surface area contributed by atoms with Crippen LogP contribution in [0.25, 0.3) is 0 Å². The molecule has 2 N–H and O–H groups in total. The van der Waals surface area contributed by atoms with Crippen molar-refractivity contribution < 1.29 is 9.84 Å². The maximum atomic E-state index is 9.77. The lowest BCUT2D eigenvalue weighted by Crippen LogP contribution is -2.31. The molecule has 1 aliphatic carbocycles. The summed E-state index contributed by atoms with van der Waals surface area (Å²) in [6.45, 7) is 2.65. The van der Waals surface area contributed by atoms with Crippen molar-refractivity contribution in [1.29, 1.82) is 0 Å². The van der Waals surface area contributed by atoms with Crippen LogP contribution < -0.4 is 10.1 Å². The smallest absolute Gasteiger partial charge is 0.122 e. The molecule has 0 amide bonds. The number of hydrogen-bond acceptors (Lipinski definition) is 3. The summed E-state index contributed by atoms with van der Waals surface area (Å²) in [6, 6.07) is 8.28. The number of aliphatic hydroxyl groups is 1. The molecule has 1 aromatic rings. The van der Waals surface area contributed by atoms with Crippen molar-refractivity contribution in [2.45, 2.75) is 31.3 Å². The lowest BCUT2D eigenvalue weighted by atomic mass is 10.0. The second-order valence-electron chi connectivity index (χ2n) is 5.46. The van der Waals surface area contributed by atoms with Crippen LogP contribution in [0.5, 0.6) is 5.75 Å². The molecule has 3 atom stereocenters. The Morgan fingerprint density at radius 3 is 2.94 bits per heavy atom. The molecule has 1 aliphatic heterocycles. The zero-order chi connectivity index (χ0) is 12.4. The largest absolute Gasteiger partial charge is 0.493 e. The van der Waals surface area contributed by atoms with Crippen LogP contribution >= 0.6 is 0 Å². The number of benzene rings is 1. The van der Waals surface area contributed by atoms with E-state index in [2.05, 4.69) is 17.4 Å². The highest BCUT2D eigenvalue weighted by Crippen LogP contribution is 2.33. The minimum Gasteiger partial charge on any atom is -0.493 e. The Kier molecular flexibility index (Phi) is 3.52. The number of hydrogen-bond donors (Lipinski definition) is 2. The second kappa shape index (κ2) is 5.29. The van der Waals surface area contributed by atoms with Gasteiger partial charge in [-0.3, -0.25) is 0 Å². The van der Waals surface area contributed by atoms with E-state index in [1.165, 1.54) is 12.0 Å². The molecular weight excluding hydrogens is 226 g/mol. The third-order valence-electron chi connectivity index (χ3n) is 4.22. The van der Waals surface area contributed by atoms with Crippen LogP contribution in [0.1, 0.15) is 30.7 Å². The van der Waals surface area contributed by atoms with Gasteiger partial charge in [0.1, 0.15) is 5.75 Å². The number of fused-ring (bicyclic) bond motifs is 1. The fourth-order valence-electron chi connectivity index (χ4n) is 3.10. The van der Waals surface area contributed by atoms with Gasteiger partial charge in [-0.05, 0) is 24.8 Å². The summed E-state index contributed by atoms with van der Waals surface area (Å²) in [7, 11) is 0. The topological polar surface area (TPSA) is 41.5 Å². The Bertz CT molecular complexity index is 407. The predicted octanol–water partition coefficient (Wildman–Crippen LogP) is 1.91. The number of nitrogens with one attached hydrogen (secondary N) is 1. The summed E-state index contributed by atoms with van der Waals surface area (Å²) in [5.41, 5.74) is 1.32. The second-order valence-corrected chi connectivity index (χ2v) is 5.46. The molecule has 0 bridgehead atoms. The van der Waals surface area contributed by atoms with Crippen LogP contribution in [0, 0.1) is 5.92 Å². The molecule has 1 saturated carbocycles. The van der Waals surface area contributed by atoms with E-state index in [0.29, 0.717) is 11.8 Å². The molecular formula is C15H21NO2. The van der Waals surface area contributed by atoms with Gasteiger partial charge in [0.2, 0.25) is 0 Å². The van der Waals surface area contributed by atoms with Crippen molar-refractivity contribution in [2.75, 3.05) is 19.7 Å². The summed E-state index contributed by atoms with van der Waals surface area (Å²) in [5.74, 6) is 1.94. The average Bonchev–Trinajstić information content (AvgIpc) is 2.97. The number of aliphatic hydroxyl groups excluding tert-OH is 1. The summed E-state index contributed by atoms with van der Waals surface area (Å²) in [6.07, 6.45) is 3.21. The fraction of sp³-hybridized carbons (Fsp3) is 0.600. The van der Waals surface area contributed by atoms with E-state index < -0.39 is 0 Å². The Morgan fingerprint density at radius 2 is 2.11 bits per heavy atom. The molecule has 98 valence electrons. The van der Waals surface area contributed by atoms with E-state index in [9.17, 15) is 5.11 Å². The van der Waals surface area contributed by atoms with Crippen LogP contribution in [-0.2, 0) is 0 Å². The molecule has 0 spiro atoms. The molecule has 2 aliphatic rings. The molecule has 1 aromatic carbocycles. The number of para-hydroxylation sites is 1. The molecule has 3 nitrogen and oxygen atoms in total. The van der Waals surface area contributed by atoms with E-state index in [0.717, 1.165) is 38.3 Å². The average molecular weight is 247 g/mol. The van der Waals surface area contributed by atoms with Gasteiger partial charge in [-0.15, -0.1) is 0 Å². The predicted molar refractivity (Wildman–Crippen MR) is 70.9 cm³/mol. The van der Waals surface area contributed by atoms with Crippen LogP contribution in [0.15, 0.2) is 24.3 Å². The van der Waals surface area contributed by atoms with Crippen LogP contribution in [0.3, 0.4) is 0 Å². The number of ether oxygens (including phenoxy) is 1. The maximum Gasteiger partial charge on any atom is 0.122 e.